The first-order valence-corrected chi connectivity index (χ1v) is 14.7. The number of carbonyl (C=O) groups is 1. The van der Waals surface area contributed by atoms with Gasteiger partial charge in [-0.15, -0.1) is 4.31 Å². The lowest BCUT2D eigenvalue weighted by atomic mass is 9.57. The molecule has 3 aromatic rings. The van der Waals surface area contributed by atoms with Crippen LogP contribution in [0.1, 0.15) is 50.1 Å². The van der Waals surface area contributed by atoms with Gasteiger partial charge in [-0.2, -0.15) is 15.5 Å². The van der Waals surface area contributed by atoms with Crippen molar-refractivity contribution in [2.75, 3.05) is 33.3 Å². The van der Waals surface area contributed by atoms with Crippen molar-refractivity contribution in [2.45, 2.75) is 44.6 Å². The Morgan fingerprint density at radius 1 is 1.18 bits per heavy atom. The van der Waals surface area contributed by atoms with E-state index < -0.39 is 11.4 Å². The summed E-state index contributed by atoms with van der Waals surface area (Å²) in [5, 5.41) is 19.8. The van der Waals surface area contributed by atoms with Gasteiger partial charge in [0, 0.05) is 55.6 Å². The molecule has 3 aromatic heterocycles. The minimum atomic E-state index is -1.09. The standard InChI is InChI=1S/C28H33N7O3S/c1-3-39(37)33-10-6-28(7-11-33)13-21(14-28)27(36)32-8-4-24(5-9-32)34-19-23(17-30-34)20-12-25(38-2)26-22(15-29)16-31-35(26)18-20/h3,12,16-19,21,24H,1,4-11,13-14H2,2H3. The number of ether oxygens (including phenoxy) is 1. The maximum absolute atomic E-state index is 13.2. The average molecular weight is 548 g/mol. The fourth-order valence-corrected chi connectivity index (χ4v) is 7.34. The molecule has 2 aliphatic heterocycles. The van der Waals surface area contributed by atoms with E-state index in [4.69, 9.17) is 4.74 Å². The second kappa shape index (κ2) is 10.3. The van der Waals surface area contributed by atoms with Gasteiger partial charge in [0.15, 0.2) is 0 Å². The van der Waals surface area contributed by atoms with E-state index in [1.807, 2.05) is 38.5 Å². The molecule has 1 unspecified atom stereocenters. The number of aromatic nitrogens is 4. The van der Waals surface area contributed by atoms with Crippen LogP contribution in [0, 0.1) is 22.7 Å². The highest BCUT2D eigenvalue weighted by molar-refractivity contribution is 7.92. The third kappa shape index (κ3) is 4.71. The summed E-state index contributed by atoms with van der Waals surface area (Å²) in [7, 11) is 1.59. The molecule has 11 heteroatoms. The second-order valence-corrected chi connectivity index (χ2v) is 12.4. The van der Waals surface area contributed by atoms with E-state index in [2.05, 4.69) is 22.8 Å². The molecule has 5 heterocycles. The molecule has 204 valence electrons. The summed E-state index contributed by atoms with van der Waals surface area (Å²) < 4.78 is 23.2. The predicted molar refractivity (Wildman–Crippen MR) is 147 cm³/mol. The van der Waals surface area contributed by atoms with Gasteiger partial charge in [-0.1, -0.05) is 0 Å². The molecule has 2 saturated heterocycles. The molecule has 1 spiro atoms. The molecule has 1 atom stereocenters. The van der Waals surface area contributed by atoms with Gasteiger partial charge < -0.3 is 14.2 Å². The normalized spacial score (nSPS) is 21.0. The topological polar surface area (TPSA) is 115 Å². The number of hydrogen-bond acceptors (Lipinski definition) is 7. The van der Waals surface area contributed by atoms with E-state index in [9.17, 15) is 14.6 Å². The lowest BCUT2D eigenvalue weighted by molar-refractivity contribution is -0.146. The van der Waals surface area contributed by atoms with Crippen LogP contribution in [0.4, 0.5) is 0 Å². The summed E-state index contributed by atoms with van der Waals surface area (Å²) in [6, 6.07) is 4.31. The van der Waals surface area contributed by atoms with Gasteiger partial charge in [-0.3, -0.25) is 9.48 Å². The van der Waals surface area contributed by atoms with Gasteiger partial charge in [-0.25, -0.2) is 4.52 Å². The van der Waals surface area contributed by atoms with Gasteiger partial charge in [0.05, 0.1) is 36.9 Å². The summed E-state index contributed by atoms with van der Waals surface area (Å²) in [4.78, 5) is 15.3. The Bertz CT molecular complexity index is 1420. The monoisotopic (exact) mass is 547 g/mol. The maximum Gasteiger partial charge on any atom is 0.225 e. The molecular formula is C28H33N7O3S. The highest BCUT2D eigenvalue weighted by Crippen LogP contribution is 2.53. The zero-order chi connectivity index (χ0) is 27.1. The summed E-state index contributed by atoms with van der Waals surface area (Å²) in [5.74, 6) is 1.02. The van der Waals surface area contributed by atoms with E-state index in [1.54, 1.807) is 17.8 Å². The van der Waals surface area contributed by atoms with E-state index in [1.165, 1.54) is 5.41 Å². The van der Waals surface area contributed by atoms with Crippen molar-refractivity contribution in [3.05, 3.63) is 48.4 Å². The smallest absolute Gasteiger partial charge is 0.225 e. The van der Waals surface area contributed by atoms with Crippen LogP contribution in [-0.4, -0.2) is 72.3 Å². The number of rotatable bonds is 6. The van der Waals surface area contributed by atoms with Crippen LogP contribution in [0.2, 0.25) is 0 Å². The van der Waals surface area contributed by atoms with Crippen molar-refractivity contribution in [2.24, 2.45) is 11.3 Å². The molecule has 6 rings (SSSR count). The van der Waals surface area contributed by atoms with Crippen LogP contribution in [0.3, 0.4) is 0 Å². The number of likely N-dealkylation sites (tertiary alicyclic amines) is 1. The van der Waals surface area contributed by atoms with Crippen LogP contribution in [-0.2, 0) is 16.2 Å². The van der Waals surface area contributed by atoms with Crippen LogP contribution >= 0.6 is 0 Å². The fourth-order valence-electron chi connectivity index (χ4n) is 6.59. The van der Waals surface area contributed by atoms with Gasteiger partial charge in [0.1, 0.15) is 28.3 Å². The summed E-state index contributed by atoms with van der Waals surface area (Å²) in [6.45, 7) is 6.77. The molecule has 10 nitrogen and oxygen atoms in total. The molecule has 0 aromatic carbocycles. The SMILES string of the molecule is C=C[S+]([O-])N1CCC2(CC1)CC(C(=O)N1CCC(n3cc(-c4cc(OC)c5c(C#N)cnn5c4)cn3)CC1)C2. The summed E-state index contributed by atoms with van der Waals surface area (Å²) in [6.07, 6.45) is 13.0. The Hall–Kier alpha value is -3.33. The minimum Gasteiger partial charge on any atom is -0.593 e. The third-order valence-corrected chi connectivity index (χ3v) is 10.0. The van der Waals surface area contributed by atoms with E-state index in [0.717, 1.165) is 75.8 Å². The average Bonchev–Trinajstić information content (AvgIpc) is 3.62. The largest absolute Gasteiger partial charge is 0.593 e. The predicted octanol–water partition coefficient (Wildman–Crippen LogP) is 3.54. The van der Waals surface area contributed by atoms with Crippen molar-refractivity contribution in [3.63, 3.8) is 0 Å². The first-order valence-electron chi connectivity index (χ1n) is 13.5. The number of piperidine rings is 2. The number of hydrogen-bond donors (Lipinski definition) is 0. The molecular weight excluding hydrogens is 514 g/mol. The Morgan fingerprint density at radius 2 is 1.92 bits per heavy atom. The van der Waals surface area contributed by atoms with Gasteiger partial charge in [-0.05, 0) is 56.6 Å². The second-order valence-electron chi connectivity index (χ2n) is 11.0. The Kier molecular flexibility index (Phi) is 6.87. The summed E-state index contributed by atoms with van der Waals surface area (Å²) in [5.41, 5.74) is 3.24. The molecule has 3 fully saturated rings. The number of fused-ring (bicyclic) bond motifs is 1. The molecule has 0 radical (unpaired) electrons. The fraction of sp³-hybridized carbons (Fsp3) is 0.500. The van der Waals surface area contributed by atoms with Crippen molar-refractivity contribution < 1.29 is 14.1 Å². The molecule has 39 heavy (non-hydrogen) atoms. The number of methoxy groups -OCH3 is 1. The highest BCUT2D eigenvalue weighted by atomic mass is 32.2. The quantitative estimate of drug-likeness (QED) is 0.434. The molecule has 3 aliphatic rings. The Balaban J connectivity index is 1.04. The molecule has 1 amide bonds. The minimum absolute atomic E-state index is 0.128. The van der Waals surface area contributed by atoms with Gasteiger partial charge in [0.2, 0.25) is 5.91 Å². The number of amides is 1. The lowest BCUT2D eigenvalue weighted by Crippen LogP contribution is -2.53. The zero-order valence-corrected chi connectivity index (χ0v) is 23.0. The molecule has 0 bridgehead atoms. The van der Waals surface area contributed by atoms with Crippen LogP contribution in [0.25, 0.3) is 16.6 Å². The maximum atomic E-state index is 13.2. The van der Waals surface area contributed by atoms with E-state index in [0.29, 0.717) is 22.7 Å². The number of pyridine rings is 1. The number of carbonyl (C=O) groups excluding carboxylic acids is 1. The lowest BCUT2D eigenvalue weighted by Gasteiger charge is -2.52. The van der Waals surface area contributed by atoms with Crippen molar-refractivity contribution in [1.82, 2.24) is 28.6 Å². The first kappa shape index (κ1) is 25.9. The van der Waals surface area contributed by atoms with Crippen molar-refractivity contribution in [1.29, 1.82) is 5.26 Å². The van der Waals surface area contributed by atoms with E-state index in [-0.39, 0.29) is 17.4 Å². The van der Waals surface area contributed by atoms with Crippen LogP contribution in [0.5, 0.6) is 5.75 Å². The summed E-state index contributed by atoms with van der Waals surface area (Å²) >= 11 is -1.09. The molecule has 1 aliphatic carbocycles. The zero-order valence-electron chi connectivity index (χ0n) is 22.2. The molecule has 0 N–H and O–H groups in total. The Morgan fingerprint density at radius 3 is 2.59 bits per heavy atom. The van der Waals surface area contributed by atoms with E-state index >= 15 is 0 Å². The number of nitrogens with zero attached hydrogens (tertiary/aromatic N) is 7. The van der Waals surface area contributed by atoms with Crippen LogP contribution in [0.15, 0.2) is 42.8 Å². The van der Waals surface area contributed by atoms with Crippen molar-refractivity contribution >= 4 is 22.8 Å². The number of nitriles is 1. The van der Waals surface area contributed by atoms with Gasteiger partial charge in [0.25, 0.3) is 0 Å². The Labute approximate surface area is 231 Å². The van der Waals surface area contributed by atoms with Crippen molar-refractivity contribution in [3.8, 4) is 22.9 Å². The highest BCUT2D eigenvalue weighted by Gasteiger charge is 2.50. The molecule has 1 saturated carbocycles. The first-order chi connectivity index (χ1) is 18.9. The van der Waals surface area contributed by atoms with Crippen LogP contribution < -0.4 is 4.74 Å². The third-order valence-electron chi connectivity index (χ3n) is 8.89. The van der Waals surface area contributed by atoms with Gasteiger partial charge >= 0.3 is 0 Å².